The first-order valence-corrected chi connectivity index (χ1v) is 6.41. The largest absolute Gasteiger partial charge is 0.446 e. The molecule has 0 radical (unpaired) electrons. The Hall–Kier alpha value is -2.41. The molecule has 0 aliphatic heterocycles. The van der Waals surface area contributed by atoms with Crippen LogP contribution in [0.2, 0.25) is 0 Å². The van der Waals surface area contributed by atoms with Gasteiger partial charge in [0.25, 0.3) is 5.69 Å². The maximum Gasteiger partial charge on any atom is 0.270 e. The standard InChI is InChI=1S/C13H7BrN2O4/c14-12-4-3-11(20-12)13(17)9-6-15-10-2-1-7(16(18)19)5-8(9)10/h1-6,15H. The Balaban J connectivity index is 2.14. The molecule has 0 fully saturated rings. The van der Waals surface area contributed by atoms with E-state index in [0.29, 0.717) is 21.1 Å². The number of nitro groups is 1. The summed E-state index contributed by atoms with van der Waals surface area (Å²) < 4.78 is 5.67. The van der Waals surface area contributed by atoms with Crippen molar-refractivity contribution in [3.63, 3.8) is 0 Å². The highest BCUT2D eigenvalue weighted by atomic mass is 79.9. The summed E-state index contributed by atoms with van der Waals surface area (Å²) in [6, 6.07) is 7.49. The third-order valence-corrected chi connectivity index (χ3v) is 3.34. The number of carbonyl (C=O) groups excluding carboxylic acids is 1. The van der Waals surface area contributed by atoms with Crippen LogP contribution in [0.1, 0.15) is 16.1 Å². The molecule has 20 heavy (non-hydrogen) atoms. The molecule has 100 valence electrons. The molecule has 0 amide bonds. The Kier molecular flexibility index (Phi) is 2.90. The number of fused-ring (bicyclic) bond motifs is 1. The van der Waals surface area contributed by atoms with Gasteiger partial charge in [-0.1, -0.05) is 0 Å². The van der Waals surface area contributed by atoms with Gasteiger partial charge in [-0.3, -0.25) is 14.9 Å². The summed E-state index contributed by atoms with van der Waals surface area (Å²) in [5.41, 5.74) is 0.932. The summed E-state index contributed by atoms with van der Waals surface area (Å²) in [7, 11) is 0. The van der Waals surface area contributed by atoms with Crippen LogP contribution in [0.25, 0.3) is 10.9 Å². The number of nitrogens with zero attached hydrogens (tertiary/aromatic N) is 1. The highest BCUT2D eigenvalue weighted by Crippen LogP contribution is 2.26. The molecule has 7 heteroatoms. The van der Waals surface area contributed by atoms with Crippen molar-refractivity contribution in [1.82, 2.24) is 4.98 Å². The third kappa shape index (κ3) is 2.01. The van der Waals surface area contributed by atoms with Gasteiger partial charge in [0, 0.05) is 29.2 Å². The number of ketones is 1. The van der Waals surface area contributed by atoms with Gasteiger partial charge in [0.2, 0.25) is 5.78 Å². The van der Waals surface area contributed by atoms with Crippen molar-refractivity contribution in [3.05, 3.63) is 62.6 Å². The van der Waals surface area contributed by atoms with E-state index in [1.54, 1.807) is 18.2 Å². The molecule has 0 aliphatic rings. The summed E-state index contributed by atoms with van der Waals surface area (Å²) in [5.74, 6) is -0.160. The van der Waals surface area contributed by atoms with Gasteiger partial charge < -0.3 is 9.40 Å². The zero-order valence-electron chi connectivity index (χ0n) is 9.92. The number of furan rings is 1. The number of carbonyl (C=O) groups is 1. The van der Waals surface area contributed by atoms with E-state index >= 15 is 0 Å². The van der Waals surface area contributed by atoms with Gasteiger partial charge >= 0.3 is 0 Å². The first kappa shape index (κ1) is 12.6. The highest BCUT2D eigenvalue weighted by molar-refractivity contribution is 9.10. The summed E-state index contributed by atoms with van der Waals surface area (Å²) in [6.45, 7) is 0. The molecule has 1 aromatic carbocycles. The zero-order valence-corrected chi connectivity index (χ0v) is 11.5. The van der Waals surface area contributed by atoms with E-state index in [1.165, 1.54) is 18.3 Å². The van der Waals surface area contributed by atoms with Crippen LogP contribution in [0.5, 0.6) is 0 Å². The molecule has 0 atom stereocenters. The third-order valence-electron chi connectivity index (χ3n) is 2.92. The molecular formula is C13H7BrN2O4. The lowest BCUT2D eigenvalue weighted by Gasteiger charge is -1.96. The number of aromatic amines is 1. The lowest BCUT2D eigenvalue weighted by molar-refractivity contribution is -0.384. The van der Waals surface area contributed by atoms with Crippen molar-refractivity contribution < 1.29 is 14.1 Å². The molecular weight excluding hydrogens is 328 g/mol. The Morgan fingerprint density at radius 3 is 2.75 bits per heavy atom. The molecule has 1 N–H and O–H groups in total. The molecule has 0 aliphatic carbocycles. The van der Waals surface area contributed by atoms with Gasteiger partial charge in [-0.05, 0) is 34.1 Å². The normalized spacial score (nSPS) is 10.8. The van der Waals surface area contributed by atoms with Crippen molar-refractivity contribution in [2.75, 3.05) is 0 Å². The number of benzene rings is 1. The van der Waals surface area contributed by atoms with Crippen molar-refractivity contribution in [1.29, 1.82) is 0 Å². The first-order valence-electron chi connectivity index (χ1n) is 5.62. The van der Waals surface area contributed by atoms with Crippen molar-refractivity contribution in [2.45, 2.75) is 0 Å². The second kappa shape index (κ2) is 4.61. The minimum absolute atomic E-state index is 0.0632. The van der Waals surface area contributed by atoms with Crippen LogP contribution >= 0.6 is 15.9 Å². The Bertz CT molecular complexity index is 834. The van der Waals surface area contributed by atoms with Crippen molar-refractivity contribution in [2.24, 2.45) is 0 Å². The molecule has 0 saturated heterocycles. The molecule has 0 saturated carbocycles. The quantitative estimate of drug-likeness (QED) is 0.449. The summed E-state index contributed by atoms with van der Waals surface area (Å²) in [5, 5.41) is 11.3. The molecule has 3 rings (SSSR count). The van der Waals surface area contributed by atoms with Gasteiger partial charge in [-0.2, -0.15) is 0 Å². The SMILES string of the molecule is O=C(c1ccc(Br)o1)c1c[nH]c2ccc([N+](=O)[O-])cc12. The van der Waals surface area contributed by atoms with Crippen LogP contribution in [-0.4, -0.2) is 15.7 Å². The second-order valence-electron chi connectivity index (χ2n) is 4.12. The van der Waals surface area contributed by atoms with E-state index in [-0.39, 0.29) is 17.2 Å². The van der Waals surface area contributed by atoms with E-state index in [2.05, 4.69) is 20.9 Å². The van der Waals surface area contributed by atoms with Crippen LogP contribution in [0, 0.1) is 10.1 Å². The number of nitrogens with one attached hydrogen (secondary N) is 1. The average molecular weight is 335 g/mol. The molecule has 0 spiro atoms. The predicted molar refractivity (Wildman–Crippen MR) is 74.8 cm³/mol. The van der Waals surface area contributed by atoms with E-state index in [4.69, 9.17) is 4.42 Å². The van der Waals surface area contributed by atoms with E-state index in [9.17, 15) is 14.9 Å². The molecule has 6 nitrogen and oxygen atoms in total. The zero-order chi connectivity index (χ0) is 14.3. The molecule has 0 bridgehead atoms. The fraction of sp³-hybridized carbons (Fsp3) is 0. The predicted octanol–water partition coefficient (Wildman–Crippen LogP) is 3.66. The van der Waals surface area contributed by atoms with Gasteiger partial charge in [0.15, 0.2) is 10.4 Å². The van der Waals surface area contributed by atoms with Gasteiger partial charge in [-0.15, -0.1) is 0 Å². The number of H-pyrrole nitrogens is 1. The fourth-order valence-electron chi connectivity index (χ4n) is 1.98. The Labute approximate surface area is 120 Å². The van der Waals surface area contributed by atoms with E-state index < -0.39 is 4.92 Å². The molecule has 2 aromatic heterocycles. The maximum absolute atomic E-state index is 12.3. The summed E-state index contributed by atoms with van der Waals surface area (Å²) in [6.07, 6.45) is 1.52. The monoisotopic (exact) mass is 334 g/mol. The number of non-ortho nitro benzene ring substituents is 1. The maximum atomic E-state index is 12.3. The van der Waals surface area contributed by atoms with E-state index in [1.807, 2.05) is 0 Å². The van der Waals surface area contributed by atoms with Gasteiger partial charge in [0.05, 0.1) is 10.5 Å². The van der Waals surface area contributed by atoms with Crippen molar-refractivity contribution in [3.8, 4) is 0 Å². The number of nitro benzene ring substituents is 1. The average Bonchev–Trinajstić information content (AvgIpc) is 3.03. The molecule has 3 aromatic rings. The minimum Gasteiger partial charge on any atom is -0.446 e. The molecule has 0 unspecified atom stereocenters. The van der Waals surface area contributed by atoms with Crippen molar-refractivity contribution >= 4 is 38.3 Å². The van der Waals surface area contributed by atoms with E-state index in [0.717, 1.165) is 0 Å². The minimum atomic E-state index is -0.496. The Morgan fingerprint density at radius 1 is 1.30 bits per heavy atom. The van der Waals surface area contributed by atoms with Crippen LogP contribution in [-0.2, 0) is 0 Å². The second-order valence-corrected chi connectivity index (χ2v) is 4.90. The number of hydrogen-bond acceptors (Lipinski definition) is 4. The smallest absolute Gasteiger partial charge is 0.270 e. The number of aromatic nitrogens is 1. The van der Waals surface area contributed by atoms with Crippen LogP contribution in [0.4, 0.5) is 5.69 Å². The summed E-state index contributed by atoms with van der Waals surface area (Å²) >= 11 is 3.13. The lowest BCUT2D eigenvalue weighted by Crippen LogP contribution is -1.98. The number of halogens is 1. The first-order chi connectivity index (χ1) is 9.56. The topological polar surface area (TPSA) is 89.1 Å². The van der Waals surface area contributed by atoms with Crippen LogP contribution < -0.4 is 0 Å². The number of rotatable bonds is 3. The highest BCUT2D eigenvalue weighted by Gasteiger charge is 2.19. The van der Waals surface area contributed by atoms with Crippen LogP contribution in [0.15, 0.2) is 45.6 Å². The van der Waals surface area contributed by atoms with Gasteiger partial charge in [-0.25, -0.2) is 0 Å². The Morgan fingerprint density at radius 2 is 2.10 bits per heavy atom. The molecule has 2 heterocycles. The summed E-state index contributed by atoms with van der Waals surface area (Å²) in [4.78, 5) is 25.5. The fourth-order valence-corrected chi connectivity index (χ4v) is 2.29. The lowest BCUT2D eigenvalue weighted by atomic mass is 10.1. The number of hydrogen-bond donors (Lipinski definition) is 1. The van der Waals surface area contributed by atoms with Crippen LogP contribution in [0.3, 0.4) is 0 Å². The van der Waals surface area contributed by atoms with Gasteiger partial charge in [0.1, 0.15) is 0 Å².